The zero-order valence-electron chi connectivity index (χ0n) is 12.2. The van der Waals surface area contributed by atoms with E-state index in [1.54, 1.807) is 0 Å². The average Bonchev–Trinajstić information content (AvgIpc) is 2.49. The molecule has 0 saturated heterocycles. The first-order chi connectivity index (χ1) is 10.2. The molecule has 2 amide bonds. The SMILES string of the molecule is NCCCCNC(=O)CCC1Cc2ccccc2NC1=O. The summed E-state index contributed by atoms with van der Waals surface area (Å²) in [5.74, 6) is -0.0852. The van der Waals surface area contributed by atoms with Gasteiger partial charge in [-0.25, -0.2) is 0 Å². The molecular formula is C16H23N3O2. The van der Waals surface area contributed by atoms with Gasteiger partial charge in [-0.05, 0) is 43.9 Å². The van der Waals surface area contributed by atoms with Crippen LogP contribution in [-0.4, -0.2) is 24.9 Å². The molecule has 0 aliphatic carbocycles. The van der Waals surface area contributed by atoms with Crippen LogP contribution in [0.25, 0.3) is 0 Å². The van der Waals surface area contributed by atoms with Crippen molar-refractivity contribution in [2.24, 2.45) is 11.7 Å². The number of rotatable bonds is 7. The second kappa shape index (κ2) is 7.78. The summed E-state index contributed by atoms with van der Waals surface area (Å²) >= 11 is 0. The van der Waals surface area contributed by atoms with Crippen LogP contribution in [0.5, 0.6) is 0 Å². The van der Waals surface area contributed by atoms with Crippen molar-refractivity contribution in [3.8, 4) is 0 Å². The van der Waals surface area contributed by atoms with Gasteiger partial charge in [-0.15, -0.1) is 0 Å². The number of nitrogens with one attached hydrogen (secondary N) is 2. The molecule has 1 atom stereocenters. The molecule has 0 bridgehead atoms. The summed E-state index contributed by atoms with van der Waals surface area (Å²) in [6.07, 6.45) is 3.51. The van der Waals surface area contributed by atoms with Gasteiger partial charge in [0.15, 0.2) is 0 Å². The van der Waals surface area contributed by atoms with Gasteiger partial charge in [0, 0.05) is 24.6 Å². The van der Waals surface area contributed by atoms with Gasteiger partial charge in [-0.3, -0.25) is 9.59 Å². The van der Waals surface area contributed by atoms with E-state index >= 15 is 0 Å². The zero-order valence-corrected chi connectivity index (χ0v) is 12.2. The van der Waals surface area contributed by atoms with Crippen LogP contribution in [0.15, 0.2) is 24.3 Å². The summed E-state index contributed by atoms with van der Waals surface area (Å²) in [5, 5.41) is 5.77. The number of amides is 2. The molecule has 5 heteroatoms. The Bertz CT molecular complexity index is 502. The molecule has 0 aromatic heterocycles. The van der Waals surface area contributed by atoms with Gasteiger partial charge in [0.25, 0.3) is 0 Å². The largest absolute Gasteiger partial charge is 0.356 e. The highest BCUT2D eigenvalue weighted by atomic mass is 16.2. The summed E-state index contributed by atoms with van der Waals surface area (Å²) in [4.78, 5) is 23.7. The summed E-state index contributed by atoms with van der Waals surface area (Å²) < 4.78 is 0. The highest BCUT2D eigenvalue weighted by molar-refractivity contribution is 5.96. The predicted octanol–water partition coefficient (Wildman–Crippen LogP) is 1.43. The monoisotopic (exact) mass is 289 g/mol. The van der Waals surface area contributed by atoms with Gasteiger partial charge in [0.2, 0.25) is 11.8 Å². The minimum absolute atomic E-state index is 0.0127. The van der Waals surface area contributed by atoms with E-state index in [-0.39, 0.29) is 17.7 Å². The van der Waals surface area contributed by atoms with Crippen molar-refractivity contribution < 1.29 is 9.59 Å². The maximum absolute atomic E-state index is 12.0. The number of carbonyl (C=O) groups excluding carboxylic acids is 2. The molecule has 0 fully saturated rings. The Morgan fingerprint density at radius 2 is 2.14 bits per heavy atom. The van der Waals surface area contributed by atoms with Crippen LogP contribution in [0.1, 0.15) is 31.2 Å². The van der Waals surface area contributed by atoms with Gasteiger partial charge in [-0.1, -0.05) is 18.2 Å². The first-order valence-corrected chi connectivity index (χ1v) is 7.56. The van der Waals surface area contributed by atoms with Crippen LogP contribution < -0.4 is 16.4 Å². The molecule has 21 heavy (non-hydrogen) atoms. The van der Waals surface area contributed by atoms with Crippen LogP contribution >= 0.6 is 0 Å². The van der Waals surface area contributed by atoms with Crippen LogP contribution in [0.3, 0.4) is 0 Å². The predicted molar refractivity (Wildman–Crippen MR) is 82.8 cm³/mol. The van der Waals surface area contributed by atoms with Gasteiger partial charge >= 0.3 is 0 Å². The van der Waals surface area contributed by atoms with E-state index in [9.17, 15) is 9.59 Å². The topological polar surface area (TPSA) is 84.2 Å². The lowest BCUT2D eigenvalue weighted by atomic mass is 9.89. The molecule has 114 valence electrons. The van der Waals surface area contributed by atoms with E-state index in [1.165, 1.54) is 0 Å². The van der Waals surface area contributed by atoms with Crippen molar-refractivity contribution in [3.63, 3.8) is 0 Å². The van der Waals surface area contributed by atoms with Gasteiger partial charge in [-0.2, -0.15) is 0 Å². The van der Waals surface area contributed by atoms with Gasteiger partial charge < -0.3 is 16.4 Å². The van der Waals surface area contributed by atoms with Crippen LogP contribution in [0.4, 0.5) is 5.69 Å². The molecule has 0 saturated carbocycles. The Morgan fingerprint density at radius 3 is 2.95 bits per heavy atom. The third-order valence-electron chi connectivity index (χ3n) is 3.79. The lowest BCUT2D eigenvalue weighted by Crippen LogP contribution is -2.32. The molecule has 1 heterocycles. The molecule has 1 aliphatic heterocycles. The number of para-hydroxylation sites is 1. The minimum Gasteiger partial charge on any atom is -0.356 e. The van der Waals surface area contributed by atoms with Crippen LogP contribution in [0, 0.1) is 5.92 Å². The molecule has 4 N–H and O–H groups in total. The molecule has 1 aromatic carbocycles. The maximum Gasteiger partial charge on any atom is 0.227 e. The van der Waals surface area contributed by atoms with Crippen molar-refractivity contribution in [2.45, 2.75) is 32.1 Å². The number of unbranched alkanes of at least 4 members (excludes halogenated alkanes) is 1. The Labute approximate surface area is 125 Å². The number of nitrogens with two attached hydrogens (primary N) is 1. The van der Waals surface area contributed by atoms with E-state index in [4.69, 9.17) is 5.73 Å². The Hall–Kier alpha value is -1.88. The van der Waals surface area contributed by atoms with E-state index < -0.39 is 0 Å². The Balaban J connectivity index is 1.76. The summed E-state index contributed by atoms with van der Waals surface area (Å²) in [5.41, 5.74) is 7.44. The van der Waals surface area contributed by atoms with Crippen molar-refractivity contribution in [1.29, 1.82) is 0 Å². The normalized spacial score (nSPS) is 17.0. The summed E-state index contributed by atoms with van der Waals surface area (Å²) in [6.45, 7) is 1.31. The highest BCUT2D eigenvalue weighted by Gasteiger charge is 2.25. The molecular weight excluding hydrogens is 266 g/mol. The van der Waals surface area contributed by atoms with Gasteiger partial charge in [0.05, 0.1) is 0 Å². The van der Waals surface area contributed by atoms with Crippen molar-refractivity contribution in [3.05, 3.63) is 29.8 Å². The fraction of sp³-hybridized carbons (Fsp3) is 0.500. The van der Waals surface area contributed by atoms with Crippen molar-refractivity contribution in [2.75, 3.05) is 18.4 Å². The summed E-state index contributed by atoms with van der Waals surface area (Å²) in [6, 6.07) is 7.81. The van der Waals surface area contributed by atoms with E-state index in [0.717, 1.165) is 24.1 Å². The zero-order chi connectivity index (χ0) is 15.1. The molecule has 0 radical (unpaired) electrons. The lowest BCUT2D eigenvalue weighted by molar-refractivity contribution is -0.122. The average molecular weight is 289 g/mol. The maximum atomic E-state index is 12.0. The second-order valence-electron chi connectivity index (χ2n) is 5.43. The molecule has 0 spiro atoms. The summed E-state index contributed by atoms with van der Waals surface area (Å²) in [7, 11) is 0. The number of benzene rings is 1. The Kier molecular flexibility index (Phi) is 5.75. The standard InChI is InChI=1S/C16H23N3O2/c17-9-3-4-10-18-15(20)8-7-13-11-12-5-1-2-6-14(12)19-16(13)21/h1-2,5-6,13H,3-4,7-11,17H2,(H,18,20)(H,19,21). The van der Waals surface area contributed by atoms with Crippen molar-refractivity contribution in [1.82, 2.24) is 5.32 Å². The molecule has 1 aromatic rings. The number of carbonyl (C=O) groups is 2. The molecule has 2 rings (SSSR count). The number of fused-ring (bicyclic) bond motifs is 1. The first kappa shape index (κ1) is 15.5. The molecule has 5 nitrogen and oxygen atoms in total. The van der Waals surface area contributed by atoms with E-state index in [0.29, 0.717) is 32.4 Å². The molecule has 1 unspecified atom stereocenters. The number of hydrogen-bond acceptors (Lipinski definition) is 3. The number of hydrogen-bond donors (Lipinski definition) is 3. The van der Waals surface area contributed by atoms with Crippen molar-refractivity contribution >= 4 is 17.5 Å². The fourth-order valence-electron chi connectivity index (χ4n) is 2.54. The quantitative estimate of drug-likeness (QED) is 0.664. The molecule has 1 aliphatic rings. The third kappa shape index (κ3) is 4.56. The van der Waals surface area contributed by atoms with Crippen LogP contribution in [-0.2, 0) is 16.0 Å². The van der Waals surface area contributed by atoms with Gasteiger partial charge in [0.1, 0.15) is 0 Å². The third-order valence-corrected chi connectivity index (χ3v) is 3.79. The first-order valence-electron chi connectivity index (χ1n) is 7.56. The second-order valence-corrected chi connectivity index (χ2v) is 5.43. The lowest BCUT2D eigenvalue weighted by Gasteiger charge is -2.24. The van der Waals surface area contributed by atoms with E-state index in [2.05, 4.69) is 10.6 Å². The fourth-order valence-corrected chi connectivity index (χ4v) is 2.54. The Morgan fingerprint density at radius 1 is 1.33 bits per heavy atom. The van der Waals surface area contributed by atoms with E-state index in [1.807, 2.05) is 24.3 Å². The number of anilines is 1. The van der Waals surface area contributed by atoms with Crippen LogP contribution in [0.2, 0.25) is 0 Å². The highest BCUT2D eigenvalue weighted by Crippen LogP contribution is 2.27. The minimum atomic E-state index is -0.116. The smallest absolute Gasteiger partial charge is 0.227 e.